The summed E-state index contributed by atoms with van der Waals surface area (Å²) in [6, 6.07) is 66.0. The average Bonchev–Trinajstić information content (AvgIpc) is 3.58. The largest absolute Gasteiger partial charge is 0.309 e. The van der Waals surface area contributed by atoms with Crippen LogP contribution >= 0.6 is 0 Å². The van der Waals surface area contributed by atoms with E-state index in [1.165, 1.54) is 66.7 Å². The van der Waals surface area contributed by atoms with E-state index in [9.17, 15) is 0 Å². The Hall–Kier alpha value is -7.03. The first kappa shape index (κ1) is 32.6. The number of hydrogen-bond acceptors (Lipinski definition) is 1. The van der Waals surface area contributed by atoms with Gasteiger partial charge in [-0.15, -0.1) is 0 Å². The molecule has 0 spiro atoms. The number of hydrogen-bond donors (Lipinski definition) is 0. The lowest BCUT2D eigenvalue weighted by molar-refractivity contribution is 0.724. The van der Waals surface area contributed by atoms with Gasteiger partial charge < -0.3 is 4.57 Å². The number of pyridine rings is 1. The molecule has 260 valence electrons. The minimum atomic E-state index is -0.544. The van der Waals surface area contributed by atoms with E-state index in [1.807, 2.05) is 6.08 Å². The van der Waals surface area contributed by atoms with Gasteiger partial charge in [0.15, 0.2) is 0 Å². The Morgan fingerprint density at radius 2 is 1.15 bits per heavy atom. The van der Waals surface area contributed by atoms with Gasteiger partial charge in [-0.25, -0.2) is 4.98 Å². The van der Waals surface area contributed by atoms with E-state index >= 15 is 0 Å². The smallest absolute Gasteiger partial charge is 0.0742 e. The highest BCUT2D eigenvalue weighted by atomic mass is 15.0. The van der Waals surface area contributed by atoms with Gasteiger partial charge in [0.1, 0.15) is 0 Å². The van der Waals surface area contributed by atoms with E-state index in [0.29, 0.717) is 0 Å². The monoisotopic (exact) mass is 702 g/mol. The third-order valence-corrected chi connectivity index (χ3v) is 11.4. The minimum absolute atomic E-state index is 0.544. The fourth-order valence-electron chi connectivity index (χ4n) is 9.01. The molecule has 1 unspecified atom stereocenters. The number of fused-ring (bicyclic) bond motifs is 3. The molecule has 0 radical (unpaired) electrons. The van der Waals surface area contributed by atoms with Crippen molar-refractivity contribution in [2.75, 3.05) is 0 Å². The van der Waals surface area contributed by atoms with Crippen LogP contribution in [0.3, 0.4) is 0 Å². The summed E-state index contributed by atoms with van der Waals surface area (Å²) in [5.41, 5.74) is 16.9. The topological polar surface area (TPSA) is 17.8 Å². The van der Waals surface area contributed by atoms with Crippen molar-refractivity contribution in [2.24, 2.45) is 0 Å². The molecule has 7 aromatic carbocycles. The van der Waals surface area contributed by atoms with Crippen LogP contribution < -0.4 is 0 Å². The standard InChI is InChI=1S/C53H38N2/c1-3-16-43-44-22-15-24-47-52(44)55(50(43)4-2)51-26-14-12-23-46(51)53(47,40-19-9-6-10-20-40)41-33-31-37(32-34-41)36-27-29-39(30-28-36)49-35-45(38-17-7-5-8-18-38)42-21-11-13-25-48(42)54-49/h3-35H,2H2,1H3/b16-3-. The Morgan fingerprint density at radius 3 is 1.89 bits per heavy atom. The minimum Gasteiger partial charge on any atom is -0.309 e. The fourth-order valence-corrected chi connectivity index (χ4v) is 9.01. The highest BCUT2D eigenvalue weighted by Crippen LogP contribution is 2.54. The molecule has 2 aromatic heterocycles. The van der Waals surface area contributed by atoms with Crippen molar-refractivity contribution >= 4 is 34.0 Å². The van der Waals surface area contributed by atoms with Crippen LogP contribution in [0.15, 0.2) is 195 Å². The first-order valence-electron chi connectivity index (χ1n) is 19.0. The number of para-hydroxylation sites is 3. The zero-order valence-electron chi connectivity index (χ0n) is 30.7. The van der Waals surface area contributed by atoms with Gasteiger partial charge in [0.25, 0.3) is 0 Å². The summed E-state index contributed by atoms with van der Waals surface area (Å²) in [5, 5.41) is 2.39. The molecule has 3 heterocycles. The highest BCUT2D eigenvalue weighted by Gasteiger charge is 2.45. The molecule has 2 heteroatoms. The van der Waals surface area contributed by atoms with E-state index in [1.54, 1.807) is 0 Å². The van der Waals surface area contributed by atoms with Crippen molar-refractivity contribution in [1.82, 2.24) is 9.55 Å². The number of benzene rings is 7. The van der Waals surface area contributed by atoms with Crippen LogP contribution in [0.4, 0.5) is 0 Å². The number of allylic oxidation sites excluding steroid dienone is 1. The molecule has 0 bridgehead atoms. The van der Waals surface area contributed by atoms with E-state index in [4.69, 9.17) is 4.98 Å². The molecule has 9 aromatic rings. The molecule has 55 heavy (non-hydrogen) atoms. The molecule has 1 atom stereocenters. The van der Waals surface area contributed by atoms with Gasteiger partial charge in [-0.3, -0.25) is 0 Å². The maximum absolute atomic E-state index is 5.10. The maximum Gasteiger partial charge on any atom is 0.0742 e. The first-order valence-corrected chi connectivity index (χ1v) is 19.0. The first-order chi connectivity index (χ1) is 27.2. The van der Waals surface area contributed by atoms with Crippen molar-refractivity contribution in [3.63, 3.8) is 0 Å². The van der Waals surface area contributed by atoms with Crippen LogP contribution in [0.2, 0.25) is 0 Å². The molecule has 0 amide bonds. The quantitative estimate of drug-likeness (QED) is 0.162. The van der Waals surface area contributed by atoms with Crippen molar-refractivity contribution < 1.29 is 0 Å². The Labute approximate surface area is 322 Å². The molecule has 0 aliphatic carbocycles. The lowest BCUT2D eigenvalue weighted by Crippen LogP contribution is -2.35. The maximum atomic E-state index is 5.10. The van der Waals surface area contributed by atoms with Gasteiger partial charge >= 0.3 is 0 Å². The summed E-state index contributed by atoms with van der Waals surface area (Å²) < 4.78 is 2.42. The van der Waals surface area contributed by atoms with Crippen molar-refractivity contribution in [2.45, 2.75) is 12.3 Å². The van der Waals surface area contributed by atoms with E-state index in [-0.39, 0.29) is 0 Å². The van der Waals surface area contributed by atoms with Crippen molar-refractivity contribution in [3.8, 4) is 39.2 Å². The third kappa shape index (κ3) is 4.99. The Balaban J connectivity index is 1.11. The van der Waals surface area contributed by atoms with Crippen LogP contribution in [0.25, 0.3) is 73.2 Å². The lowest BCUT2D eigenvalue weighted by Gasteiger charge is -2.42. The van der Waals surface area contributed by atoms with Gasteiger partial charge in [-0.05, 0) is 75.7 Å². The highest BCUT2D eigenvalue weighted by molar-refractivity contribution is 6.01. The normalized spacial score (nSPS) is 14.7. The van der Waals surface area contributed by atoms with E-state index in [2.05, 4.69) is 212 Å². The molecular formula is C53H38N2. The van der Waals surface area contributed by atoms with Crippen LogP contribution in [-0.4, -0.2) is 9.55 Å². The number of nitrogens with zero attached hydrogens (tertiary/aromatic N) is 2. The second kappa shape index (κ2) is 13.1. The predicted molar refractivity (Wildman–Crippen MR) is 232 cm³/mol. The summed E-state index contributed by atoms with van der Waals surface area (Å²) in [4.78, 5) is 5.10. The van der Waals surface area contributed by atoms with Crippen LogP contribution in [0.5, 0.6) is 0 Å². The van der Waals surface area contributed by atoms with Gasteiger partial charge in [0.05, 0.1) is 33.5 Å². The van der Waals surface area contributed by atoms with Crippen molar-refractivity contribution in [1.29, 1.82) is 0 Å². The Kier molecular flexibility index (Phi) is 7.78. The third-order valence-electron chi connectivity index (χ3n) is 11.4. The zero-order valence-corrected chi connectivity index (χ0v) is 30.7. The molecule has 0 N–H and O–H groups in total. The molecule has 0 saturated carbocycles. The zero-order chi connectivity index (χ0) is 36.9. The summed E-state index contributed by atoms with van der Waals surface area (Å²) in [6.45, 7) is 6.37. The summed E-state index contributed by atoms with van der Waals surface area (Å²) in [6.07, 6.45) is 6.35. The van der Waals surface area contributed by atoms with Gasteiger partial charge in [0.2, 0.25) is 0 Å². The average molecular weight is 703 g/mol. The van der Waals surface area contributed by atoms with E-state index < -0.39 is 5.41 Å². The summed E-state index contributed by atoms with van der Waals surface area (Å²) in [7, 11) is 0. The lowest BCUT2D eigenvalue weighted by atomic mass is 9.63. The van der Waals surface area contributed by atoms with Crippen molar-refractivity contribution in [3.05, 3.63) is 228 Å². The van der Waals surface area contributed by atoms with Crippen LogP contribution in [-0.2, 0) is 5.41 Å². The summed E-state index contributed by atoms with van der Waals surface area (Å²) >= 11 is 0. The van der Waals surface area contributed by atoms with Gasteiger partial charge in [-0.1, -0.05) is 183 Å². The molecule has 1 aliphatic heterocycles. The van der Waals surface area contributed by atoms with Crippen LogP contribution in [0.1, 0.15) is 40.4 Å². The molecule has 10 rings (SSSR count). The van der Waals surface area contributed by atoms with Gasteiger partial charge in [-0.2, -0.15) is 0 Å². The molecular weight excluding hydrogens is 665 g/mol. The Morgan fingerprint density at radius 1 is 0.545 bits per heavy atom. The predicted octanol–water partition coefficient (Wildman–Crippen LogP) is 13.6. The Bertz CT molecular complexity index is 2910. The number of rotatable bonds is 7. The number of aromatic nitrogens is 2. The molecule has 1 aliphatic rings. The molecule has 2 nitrogen and oxygen atoms in total. The van der Waals surface area contributed by atoms with Crippen LogP contribution in [0, 0.1) is 0 Å². The molecule has 0 saturated heterocycles. The summed E-state index contributed by atoms with van der Waals surface area (Å²) in [5.74, 6) is 0. The molecule has 0 fully saturated rings. The van der Waals surface area contributed by atoms with Gasteiger partial charge in [0, 0.05) is 21.9 Å². The second-order valence-corrected chi connectivity index (χ2v) is 14.3. The SMILES string of the molecule is C=Cc1c(/C=C\C)c2cccc3c2n1-c1ccccc1C3(c1ccccc1)c1ccc(-c2ccc(-c3cc(-c4ccccc4)c4ccccc4n3)cc2)cc1. The van der Waals surface area contributed by atoms with E-state index in [0.717, 1.165) is 27.9 Å². The second-order valence-electron chi connectivity index (χ2n) is 14.3. The fraction of sp³-hybridized carbons (Fsp3) is 0.0377.